The first-order valence-electron chi connectivity index (χ1n) is 6.50. The molecule has 2 aliphatic rings. The SMILES string of the molecule is O=C(O)[C@@H](O)CNC(=O)N1CC2CCCC(C2)C1. The molecule has 18 heavy (non-hydrogen) atoms. The minimum Gasteiger partial charge on any atom is -0.479 e. The lowest BCUT2D eigenvalue weighted by Crippen LogP contribution is -2.51. The molecule has 2 unspecified atom stereocenters. The number of rotatable bonds is 3. The van der Waals surface area contributed by atoms with Gasteiger partial charge >= 0.3 is 12.0 Å². The van der Waals surface area contributed by atoms with E-state index in [0.29, 0.717) is 11.8 Å². The summed E-state index contributed by atoms with van der Waals surface area (Å²) < 4.78 is 0. The van der Waals surface area contributed by atoms with Crippen molar-refractivity contribution in [2.75, 3.05) is 19.6 Å². The first-order chi connectivity index (χ1) is 8.56. The first kappa shape index (κ1) is 13.1. The van der Waals surface area contributed by atoms with Crippen LogP contribution in [0, 0.1) is 11.8 Å². The average molecular weight is 256 g/mol. The number of likely N-dealkylation sites (tertiary alicyclic amines) is 1. The van der Waals surface area contributed by atoms with Crippen LogP contribution in [0.2, 0.25) is 0 Å². The first-order valence-corrected chi connectivity index (χ1v) is 6.50. The molecule has 6 nitrogen and oxygen atoms in total. The summed E-state index contributed by atoms with van der Waals surface area (Å²) in [4.78, 5) is 24.1. The summed E-state index contributed by atoms with van der Waals surface area (Å²) in [5, 5.41) is 20.1. The summed E-state index contributed by atoms with van der Waals surface area (Å²) in [6.07, 6.45) is 3.29. The second-order valence-corrected chi connectivity index (χ2v) is 5.34. The van der Waals surface area contributed by atoms with Gasteiger partial charge in [0.15, 0.2) is 6.10 Å². The van der Waals surface area contributed by atoms with Crippen molar-refractivity contribution in [3.8, 4) is 0 Å². The summed E-state index contributed by atoms with van der Waals surface area (Å²) in [5.74, 6) is -0.133. The van der Waals surface area contributed by atoms with E-state index in [1.165, 1.54) is 25.7 Å². The number of carbonyl (C=O) groups is 2. The lowest BCUT2D eigenvalue weighted by Gasteiger charge is -2.41. The van der Waals surface area contributed by atoms with Crippen molar-refractivity contribution in [3.63, 3.8) is 0 Å². The van der Waals surface area contributed by atoms with Gasteiger partial charge in [-0.1, -0.05) is 6.42 Å². The van der Waals surface area contributed by atoms with E-state index < -0.39 is 12.1 Å². The Hall–Kier alpha value is -1.30. The van der Waals surface area contributed by atoms with E-state index in [4.69, 9.17) is 10.2 Å². The van der Waals surface area contributed by atoms with Crippen LogP contribution in [0.5, 0.6) is 0 Å². The summed E-state index contributed by atoms with van der Waals surface area (Å²) in [6, 6.07) is -0.258. The number of fused-ring (bicyclic) bond motifs is 2. The standard InChI is InChI=1S/C12H20N2O4/c15-10(11(16)17)5-13-12(18)14-6-8-2-1-3-9(4-8)7-14/h8-10,15H,1-7H2,(H,13,18)(H,16,17)/t8?,9?,10-/m0/s1. The molecule has 3 N–H and O–H groups in total. The van der Waals surface area contributed by atoms with Crippen LogP contribution in [-0.2, 0) is 4.79 Å². The second kappa shape index (κ2) is 5.56. The van der Waals surface area contributed by atoms with Gasteiger partial charge in [-0.05, 0) is 31.1 Å². The number of aliphatic hydroxyl groups is 1. The molecule has 2 fully saturated rings. The molecule has 0 radical (unpaired) electrons. The number of amides is 2. The van der Waals surface area contributed by atoms with Gasteiger partial charge in [0, 0.05) is 13.1 Å². The third-order valence-corrected chi connectivity index (χ3v) is 3.87. The van der Waals surface area contributed by atoms with Gasteiger partial charge in [0.2, 0.25) is 0 Å². The van der Waals surface area contributed by atoms with Crippen LogP contribution in [0.4, 0.5) is 4.79 Å². The van der Waals surface area contributed by atoms with Crippen molar-refractivity contribution in [2.24, 2.45) is 11.8 Å². The molecule has 2 amide bonds. The minimum absolute atomic E-state index is 0.236. The minimum atomic E-state index is -1.53. The summed E-state index contributed by atoms with van der Waals surface area (Å²) in [7, 11) is 0. The van der Waals surface area contributed by atoms with Crippen LogP contribution in [0.15, 0.2) is 0 Å². The number of aliphatic carboxylic acids is 1. The highest BCUT2D eigenvalue weighted by Crippen LogP contribution is 2.34. The predicted octanol–water partition coefficient (Wildman–Crippen LogP) is 0.263. The Morgan fingerprint density at radius 3 is 2.44 bits per heavy atom. The Labute approximate surface area is 106 Å². The van der Waals surface area contributed by atoms with Crippen LogP contribution in [0.25, 0.3) is 0 Å². The van der Waals surface area contributed by atoms with Gasteiger partial charge in [-0.25, -0.2) is 9.59 Å². The highest BCUT2D eigenvalue weighted by atomic mass is 16.4. The average Bonchev–Trinajstić information content (AvgIpc) is 2.34. The van der Waals surface area contributed by atoms with Crippen molar-refractivity contribution in [1.82, 2.24) is 10.2 Å². The monoisotopic (exact) mass is 256 g/mol. The van der Waals surface area contributed by atoms with E-state index in [2.05, 4.69) is 5.32 Å². The zero-order valence-electron chi connectivity index (χ0n) is 10.3. The zero-order valence-corrected chi connectivity index (χ0v) is 10.3. The Morgan fingerprint density at radius 1 is 1.28 bits per heavy atom. The Bertz CT molecular complexity index is 322. The van der Waals surface area contributed by atoms with Crippen LogP contribution in [0.1, 0.15) is 25.7 Å². The molecule has 1 aliphatic heterocycles. The maximum absolute atomic E-state index is 11.9. The quantitative estimate of drug-likeness (QED) is 0.676. The van der Waals surface area contributed by atoms with Gasteiger partial charge < -0.3 is 20.4 Å². The molecular formula is C12H20N2O4. The summed E-state index contributed by atoms with van der Waals surface area (Å²) in [6.45, 7) is 1.27. The van der Waals surface area contributed by atoms with Crippen LogP contribution in [-0.4, -0.2) is 52.9 Å². The lowest BCUT2D eigenvalue weighted by atomic mass is 9.78. The van der Waals surface area contributed by atoms with E-state index in [1.54, 1.807) is 4.90 Å². The molecule has 0 aromatic heterocycles. The predicted molar refractivity (Wildman–Crippen MR) is 64.1 cm³/mol. The molecule has 1 saturated carbocycles. The van der Waals surface area contributed by atoms with Gasteiger partial charge in [-0.2, -0.15) is 0 Å². The van der Waals surface area contributed by atoms with E-state index in [9.17, 15) is 9.59 Å². The normalized spacial score (nSPS) is 28.6. The molecule has 0 aromatic carbocycles. The van der Waals surface area contributed by atoms with E-state index >= 15 is 0 Å². The van der Waals surface area contributed by atoms with Crippen molar-refractivity contribution in [2.45, 2.75) is 31.8 Å². The summed E-state index contributed by atoms with van der Waals surface area (Å²) in [5.41, 5.74) is 0. The lowest BCUT2D eigenvalue weighted by molar-refractivity contribution is -0.146. The third-order valence-electron chi connectivity index (χ3n) is 3.87. The topological polar surface area (TPSA) is 89.9 Å². The van der Waals surface area contributed by atoms with Crippen LogP contribution >= 0.6 is 0 Å². The fourth-order valence-corrected chi connectivity index (χ4v) is 2.98. The number of piperidine rings is 1. The fraction of sp³-hybridized carbons (Fsp3) is 0.833. The molecule has 102 valence electrons. The molecule has 2 rings (SSSR count). The largest absolute Gasteiger partial charge is 0.479 e. The van der Waals surface area contributed by atoms with Crippen molar-refractivity contribution < 1.29 is 19.8 Å². The van der Waals surface area contributed by atoms with Crippen LogP contribution < -0.4 is 5.32 Å². The maximum atomic E-state index is 11.9. The van der Waals surface area contributed by atoms with Gasteiger partial charge in [-0.15, -0.1) is 0 Å². The Kier molecular flexibility index (Phi) is 4.06. The molecule has 0 aromatic rings. The molecule has 6 heteroatoms. The maximum Gasteiger partial charge on any atom is 0.334 e. The Morgan fingerprint density at radius 2 is 1.89 bits per heavy atom. The molecule has 3 atom stereocenters. The van der Waals surface area contributed by atoms with Crippen molar-refractivity contribution in [3.05, 3.63) is 0 Å². The number of hydrogen-bond donors (Lipinski definition) is 3. The van der Waals surface area contributed by atoms with E-state index in [1.807, 2.05) is 0 Å². The van der Waals surface area contributed by atoms with Gasteiger partial charge in [0.05, 0.1) is 6.54 Å². The number of carboxylic acid groups (broad SMARTS) is 1. The van der Waals surface area contributed by atoms with Gasteiger partial charge in [0.1, 0.15) is 0 Å². The number of hydrogen-bond acceptors (Lipinski definition) is 3. The smallest absolute Gasteiger partial charge is 0.334 e. The van der Waals surface area contributed by atoms with E-state index in [-0.39, 0.29) is 12.6 Å². The zero-order chi connectivity index (χ0) is 13.1. The summed E-state index contributed by atoms with van der Waals surface area (Å²) >= 11 is 0. The van der Waals surface area contributed by atoms with E-state index in [0.717, 1.165) is 13.1 Å². The molecular weight excluding hydrogens is 236 g/mol. The number of carbonyl (C=O) groups excluding carboxylic acids is 1. The number of urea groups is 1. The molecule has 1 heterocycles. The molecule has 1 aliphatic carbocycles. The number of nitrogens with one attached hydrogen (secondary N) is 1. The second-order valence-electron chi connectivity index (χ2n) is 5.34. The molecule has 0 spiro atoms. The number of nitrogens with zero attached hydrogens (tertiary/aromatic N) is 1. The molecule has 2 bridgehead atoms. The van der Waals surface area contributed by atoms with Crippen molar-refractivity contribution in [1.29, 1.82) is 0 Å². The highest BCUT2D eigenvalue weighted by Gasteiger charge is 2.32. The number of carboxylic acids is 1. The van der Waals surface area contributed by atoms with Gasteiger partial charge in [-0.3, -0.25) is 0 Å². The number of aliphatic hydroxyl groups excluding tert-OH is 1. The molecule has 1 saturated heterocycles. The van der Waals surface area contributed by atoms with Crippen LogP contribution in [0.3, 0.4) is 0 Å². The van der Waals surface area contributed by atoms with Gasteiger partial charge in [0.25, 0.3) is 0 Å². The highest BCUT2D eigenvalue weighted by molar-refractivity contribution is 5.76. The van der Waals surface area contributed by atoms with Crippen molar-refractivity contribution >= 4 is 12.0 Å². The fourth-order valence-electron chi connectivity index (χ4n) is 2.98. The third kappa shape index (κ3) is 3.13. The Balaban J connectivity index is 1.80.